The van der Waals surface area contributed by atoms with Gasteiger partial charge in [-0.3, -0.25) is 4.79 Å². The van der Waals surface area contributed by atoms with E-state index in [-0.39, 0.29) is 5.12 Å². The van der Waals surface area contributed by atoms with E-state index in [1.807, 2.05) is 49.4 Å². The van der Waals surface area contributed by atoms with E-state index in [0.717, 1.165) is 22.2 Å². The maximum Gasteiger partial charge on any atom is 0.246 e. The van der Waals surface area contributed by atoms with Crippen molar-refractivity contribution < 1.29 is 9.32 Å². The number of hydrogen-bond acceptors (Lipinski definition) is 4. The molecule has 3 aromatic rings. The van der Waals surface area contributed by atoms with Crippen LogP contribution in [-0.4, -0.2) is 10.3 Å². The Hall–Kier alpha value is -2.33. The Kier molecular flexibility index (Phi) is 4.35. The molecule has 0 spiro atoms. The summed E-state index contributed by atoms with van der Waals surface area (Å²) < 4.78 is 5.34. The van der Waals surface area contributed by atoms with Crippen LogP contribution in [0, 0.1) is 20.8 Å². The van der Waals surface area contributed by atoms with Crippen LogP contribution in [0.25, 0.3) is 11.3 Å². The molecule has 0 radical (unpaired) electrons. The lowest BCUT2D eigenvalue weighted by Crippen LogP contribution is -1.92. The maximum absolute atomic E-state index is 12.3. The van der Waals surface area contributed by atoms with Crippen LogP contribution in [0.3, 0.4) is 0 Å². The second-order valence-corrected chi connectivity index (χ2v) is 6.62. The van der Waals surface area contributed by atoms with Crippen LogP contribution in [-0.2, 0) is 0 Å². The molecule has 23 heavy (non-hydrogen) atoms. The number of aromatic nitrogens is 1. The van der Waals surface area contributed by atoms with E-state index < -0.39 is 0 Å². The molecule has 0 saturated carbocycles. The minimum Gasteiger partial charge on any atom is -0.356 e. The highest BCUT2D eigenvalue weighted by Gasteiger charge is 2.15. The van der Waals surface area contributed by atoms with Gasteiger partial charge in [0.25, 0.3) is 0 Å². The number of rotatable bonds is 3. The van der Waals surface area contributed by atoms with Crippen molar-refractivity contribution in [2.75, 3.05) is 0 Å². The molecule has 0 aliphatic heterocycles. The molecule has 2 aromatic carbocycles. The molecule has 0 bridgehead atoms. The minimum absolute atomic E-state index is 0.118. The summed E-state index contributed by atoms with van der Waals surface area (Å²) in [6.07, 6.45) is 0. The first kappa shape index (κ1) is 15.6. The molecule has 0 aliphatic rings. The van der Waals surface area contributed by atoms with Gasteiger partial charge in [0.15, 0.2) is 11.5 Å². The van der Waals surface area contributed by atoms with E-state index >= 15 is 0 Å². The molecule has 0 saturated heterocycles. The van der Waals surface area contributed by atoms with Gasteiger partial charge in [-0.2, -0.15) is 0 Å². The molecule has 4 heteroatoms. The molecule has 3 rings (SSSR count). The van der Waals surface area contributed by atoms with Crippen LogP contribution in [0.2, 0.25) is 0 Å². The molecule has 0 unspecified atom stereocenters. The van der Waals surface area contributed by atoms with Crippen LogP contribution < -0.4 is 0 Å². The van der Waals surface area contributed by atoms with Crippen LogP contribution in [0.5, 0.6) is 0 Å². The summed E-state index contributed by atoms with van der Waals surface area (Å²) in [5, 5.41) is 3.80. The van der Waals surface area contributed by atoms with Gasteiger partial charge in [0, 0.05) is 16.5 Å². The number of hydrogen-bond donors (Lipinski definition) is 0. The van der Waals surface area contributed by atoms with Crippen molar-refractivity contribution >= 4 is 16.9 Å². The molecule has 1 aromatic heterocycles. The average Bonchev–Trinajstić information content (AvgIpc) is 3.02. The Morgan fingerprint density at radius 2 is 1.70 bits per heavy atom. The molecule has 0 aliphatic carbocycles. The van der Waals surface area contributed by atoms with Gasteiger partial charge >= 0.3 is 0 Å². The van der Waals surface area contributed by atoms with Gasteiger partial charge in [-0.05, 0) is 61.9 Å². The van der Waals surface area contributed by atoms with Crippen LogP contribution in [0.4, 0.5) is 0 Å². The zero-order valence-electron chi connectivity index (χ0n) is 13.3. The molecule has 3 nitrogen and oxygen atoms in total. The first-order valence-electron chi connectivity index (χ1n) is 7.36. The lowest BCUT2D eigenvalue weighted by molar-refractivity contribution is 0.108. The fourth-order valence-electron chi connectivity index (χ4n) is 2.17. The van der Waals surface area contributed by atoms with Crippen LogP contribution >= 0.6 is 11.8 Å². The van der Waals surface area contributed by atoms with E-state index in [4.69, 9.17) is 4.52 Å². The first-order chi connectivity index (χ1) is 11.0. The zero-order chi connectivity index (χ0) is 16.4. The summed E-state index contributed by atoms with van der Waals surface area (Å²) in [5.74, 6) is 0.612. The Morgan fingerprint density at radius 1 is 0.957 bits per heavy atom. The molecule has 1 heterocycles. The largest absolute Gasteiger partial charge is 0.356 e. The van der Waals surface area contributed by atoms with Crippen molar-refractivity contribution in [3.8, 4) is 11.3 Å². The molecule has 0 fully saturated rings. The SMILES string of the molecule is Cc1ccc(SC(=O)c2cc(-c3ccc(C)c(C)c3)on2)cc1. The number of thioether (sulfide) groups is 1. The van der Waals surface area contributed by atoms with Crippen molar-refractivity contribution in [2.45, 2.75) is 25.7 Å². The standard InChI is InChI=1S/C19H17NO2S/c1-12-4-8-16(9-5-12)23-19(21)17-11-18(22-20-17)15-7-6-13(2)14(3)10-15/h4-11H,1-3H3. The van der Waals surface area contributed by atoms with Gasteiger partial charge in [0.2, 0.25) is 5.12 Å². The van der Waals surface area contributed by atoms with E-state index in [2.05, 4.69) is 19.0 Å². The predicted molar refractivity (Wildman–Crippen MR) is 92.8 cm³/mol. The molecule has 0 amide bonds. The highest BCUT2D eigenvalue weighted by molar-refractivity contribution is 8.14. The third kappa shape index (κ3) is 3.54. The Balaban J connectivity index is 1.79. The summed E-state index contributed by atoms with van der Waals surface area (Å²) in [6, 6.07) is 15.6. The van der Waals surface area contributed by atoms with Crippen molar-refractivity contribution in [3.63, 3.8) is 0 Å². The summed E-state index contributed by atoms with van der Waals surface area (Å²) in [5.41, 5.74) is 4.84. The van der Waals surface area contributed by atoms with Gasteiger partial charge in [-0.15, -0.1) is 0 Å². The number of carbonyl (C=O) groups excluding carboxylic acids is 1. The highest BCUT2D eigenvalue weighted by Crippen LogP contribution is 2.27. The van der Waals surface area contributed by atoms with Crippen molar-refractivity contribution in [1.29, 1.82) is 0 Å². The van der Waals surface area contributed by atoms with Crippen LogP contribution in [0.1, 0.15) is 27.2 Å². The van der Waals surface area contributed by atoms with Gasteiger partial charge in [0.05, 0.1) is 0 Å². The van der Waals surface area contributed by atoms with Gasteiger partial charge in [-0.25, -0.2) is 0 Å². The lowest BCUT2D eigenvalue weighted by Gasteiger charge is -2.01. The monoisotopic (exact) mass is 323 g/mol. The summed E-state index contributed by atoms with van der Waals surface area (Å²) in [6.45, 7) is 6.13. The lowest BCUT2D eigenvalue weighted by atomic mass is 10.0. The molecule has 0 N–H and O–H groups in total. The number of nitrogens with zero attached hydrogens (tertiary/aromatic N) is 1. The second kappa shape index (κ2) is 6.42. The Labute approximate surface area is 139 Å². The maximum atomic E-state index is 12.3. The van der Waals surface area contributed by atoms with E-state index in [1.165, 1.54) is 16.7 Å². The van der Waals surface area contributed by atoms with Crippen molar-refractivity contribution in [1.82, 2.24) is 5.16 Å². The van der Waals surface area contributed by atoms with Crippen molar-refractivity contribution in [2.24, 2.45) is 0 Å². The fourth-order valence-corrected chi connectivity index (χ4v) is 2.85. The second-order valence-electron chi connectivity index (χ2n) is 5.58. The van der Waals surface area contributed by atoms with E-state index in [1.54, 1.807) is 6.07 Å². The summed E-state index contributed by atoms with van der Waals surface area (Å²) >= 11 is 1.16. The van der Waals surface area contributed by atoms with Crippen LogP contribution in [0.15, 0.2) is 57.9 Å². The predicted octanol–water partition coefficient (Wildman–Crippen LogP) is 5.20. The normalized spacial score (nSPS) is 10.7. The fraction of sp³-hybridized carbons (Fsp3) is 0.158. The topological polar surface area (TPSA) is 43.1 Å². The van der Waals surface area contributed by atoms with Crippen molar-refractivity contribution in [3.05, 3.63) is 70.9 Å². The Morgan fingerprint density at radius 3 is 2.39 bits per heavy atom. The quantitative estimate of drug-likeness (QED) is 0.621. The smallest absolute Gasteiger partial charge is 0.246 e. The number of carbonyl (C=O) groups is 1. The summed E-state index contributed by atoms with van der Waals surface area (Å²) in [4.78, 5) is 13.2. The number of benzene rings is 2. The van der Waals surface area contributed by atoms with Gasteiger partial charge < -0.3 is 4.52 Å². The van der Waals surface area contributed by atoms with E-state index in [0.29, 0.717) is 11.5 Å². The minimum atomic E-state index is -0.118. The summed E-state index contributed by atoms with van der Waals surface area (Å²) in [7, 11) is 0. The third-order valence-electron chi connectivity index (χ3n) is 3.74. The highest BCUT2D eigenvalue weighted by atomic mass is 32.2. The van der Waals surface area contributed by atoms with Gasteiger partial charge in [0.1, 0.15) is 0 Å². The molecular weight excluding hydrogens is 306 g/mol. The Bertz CT molecular complexity index is 850. The molecular formula is C19H17NO2S. The number of aryl methyl sites for hydroxylation is 3. The molecule has 116 valence electrons. The van der Waals surface area contributed by atoms with Gasteiger partial charge in [-0.1, -0.05) is 35.0 Å². The average molecular weight is 323 g/mol. The molecule has 0 atom stereocenters. The zero-order valence-corrected chi connectivity index (χ0v) is 14.1. The first-order valence-corrected chi connectivity index (χ1v) is 8.18. The third-order valence-corrected chi connectivity index (χ3v) is 4.64. The van der Waals surface area contributed by atoms with E-state index in [9.17, 15) is 4.79 Å².